The zero-order valence-corrected chi connectivity index (χ0v) is 21.6. The van der Waals surface area contributed by atoms with Crippen molar-refractivity contribution in [1.82, 2.24) is 20.1 Å². The van der Waals surface area contributed by atoms with Crippen molar-refractivity contribution in [1.29, 1.82) is 5.26 Å². The Labute approximate surface area is 227 Å². The molecular weight excluding hydrogens is 497 g/mol. The van der Waals surface area contributed by atoms with Crippen LogP contribution in [0.5, 0.6) is 5.75 Å². The molecule has 8 nitrogen and oxygen atoms in total. The van der Waals surface area contributed by atoms with Crippen LogP contribution in [0, 0.1) is 17.1 Å². The second-order valence-electron chi connectivity index (χ2n) is 10.00. The minimum absolute atomic E-state index is 0.0699. The summed E-state index contributed by atoms with van der Waals surface area (Å²) < 4.78 is 19.0. The molecule has 5 rings (SSSR count). The van der Waals surface area contributed by atoms with Gasteiger partial charge in [-0.2, -0.15) is 5.26 Å². The molecule has 1 N–H and O–H groups in total. The molecule has 0 saturated carbocycles. The van der Waals surface area contributed by atoms with Gasteiger partial charge in [0.2, 0.25) is 0 Å². The van der Waals surface area contributed by atoms with Crippen molar-refractivity contribution in [2.75, 3.05) is 26.2 Å². The fourth-order valence-corrected chi connectivity index (χ4v) is 4.99. The Bertz CT molecular complexity index is 1330. The molecule has 0 bridgehead atoms. The van der Waals surface area contributed by atoms with E-state index in [1.807, 2.05) is 24.3 Å². The molecule has 1 atom stereocenters. The van der Waals surface area contributed by atoms with E-state index in [1.165, 1.54) is 23.9 Å². The second kappa shape index (κ2) is 12.0. The van der Waals surface area contributed by atoms with Crippen LogP contribution in [0.1, 0.15) is 51.2 Å². The minimum Gasteiger partial charge on any atom is -0.489 e. The summed E-state index contributed by atoms with van der Waals surface area (Å²) in [7, 11) is 0. The minimum atomic E-state index is -0.323. The molecule has 2 aliphatic rings. The molecule has 2 saturated heterocycles. The molecule has 2 amide bonds. The van der Waals surface area contributed by atoms with Gasteiger partial charge >= 0.3 is 0 Å². The third-order valence-electron chi connectivity index (χ3n) is 7.20. The third-order valence-corrected chi connectivity index (χ3v) is 7.20. The second-order valence-corrected chi connectivity index (χ2v) is 10.00. The zero-order valence-electron chi connectivity index (χ0n) is 21.6. The van der Waals surface area contributed by atoms with Crippen LogP contribution in [0.25, 0.3) is 0 Å². The standard InChI is InChI=1S/C30H30FN5O3/c31-24-6-8-26(9-7-24)39-27-13-16-36(20-27)30(38)23-5-10-28(33-18-23)29(37)34-25-11-14-35(15-12-25)19-22-3-1-21(17-32)2-4-22/h1-10,18,25,27H,11-16,19-20H2,(H,34,37). The highest BCUT2D eigenvalue weighted by Gasteiger charge is 2.29. The maximum Gasteiger partial charge on any atom is 0.270 e. The summed E-state index contributed by atoms with van der Waals surface area (Å²) >= 11 is 0. The van der Waals surface area contributed by atoms with E-state index in [2.05, 4.69) is 21.3 Å². The average Bonchev–Trinajstić information content (AvgIpc) is 3.44. The van der Waals surface area contributed by atoms with Gasteiger partial charge in [-0.25, -0.2) is 4.39 Å². The van der Waals surface area contributed by atoms with Crippen LogP contribution >= 0.6 is 0 Å². The first-order chi connectivity index (χ1) is 19.0. The summed E-state index contributed by atoms with van der Waals surface area (Å²) in [6.45, 7) is 3.54. The Morgan fingerprint density at radius 3 is 2.41 bits per heavy atom. The lowest BCUT2D eigenvalue weighted by atomic mass is 10.0. The number of pyridine rings is 1. The maximum atomic E-state index is 13.1. The van der Waals surface area contributed by atoms with E-state index < -0.39 is 0 Å². The number of rotatable bonds is 7. The number of piperidine rings is 1. The molecule has 1 unspecified atom stereocenters. The normalized spacial score (nSPS) is 17.9. The summed E-state index contributed by atoms with van der Waals surface area (Å²) in [5, 5.41) is 12.0. The molecule has 0 aliphatic carbocycles. The number of amides is 2. The Morgan fingerprint density at radius 2 is 1.74 bits per heavy atom. The highest BCUT2D eigenvalue weighted by atomic mass is 19.1. The average molecular weight is 528 g/mol. The first kappa shape index (κ1) is 26.3. The SMILES string of the molecule is N#Cc1ccc(CN2CCC(NC(=O)c3ccc(C(=O)N4CCC(Oc5ccc(F)cc5)C4)cn3)CC2)cc1. The highest BCUT2D eigenvalue weighted by Crippen LogP contribution is 2.21. The van der Waals surface area contributed by atoms with Crippen LogP contribution in [0.3, 0.4) is 0 Å². The number of carbonyl (C=O) groups is 2. The van der Waals surface area contributed by atoms with Gasteiger partial charge in [-0.05, 0) is 66.9 Å². The largest absolute Gasteiger partial charge is 0.489 e. The van der Waals surface area contributed by atoms with Crippen LogP contribution < -0.4 is 10.1 Å². The van der Waals surface area contributed by atoms with E-state index in [4.69, 9.17) is 10.00 Å². The number of nitrogens with one attached hydrogen (secondary N) is 1. The number of benzene rings is 2. The quantitative estimate of drug-likeness (QED) is 0.502. The number of nitrogens with zero attached hydrogens (tertiary/aromatic N) is 4. The van der Waals surface area contributed by atoms with Gasteiger partial charge in [0.25, 0.3) is 11.8 Å². The molecule has 200 valence electrons. The lowest BCUT2D eigenvalue weighted by Crippen LogP contribution is -2.44. The molecule has 3 heterocycles. The predicted octanol–water partition coefficient (Wildman–Crippen LogP) is 3.78. The molecule has 0 spiro atoms. The Morgan fingerprint density at radius 1 is 1.00 bits per heavy atom. The highest BCUT2D eigenvalue weighted by molar-refractivity contribution is 5.96. The van der Waals surface area contributed by atoms with Crippen LogP contribution in [0.15, 0.2) is 66.9 Å². The van der Waals surface area contributed by atoms with Crippen molar-refractivity contribution in [3.8, 4) is 11.8 Å². The van der Waals surface area contributed by atoms with Gasteiger partial charge < -0.3 is 15.0 Å². The molecule has 2 aliphatic heterocycles. The van der Waals surface area contributed by atoms with Crippen molar-refractivity contribution in [3.05, 3.63) is 95.1 Å². The third kappa shape index (κ3) is 6.78. The van der Waals surface area contributed by atoms with E-state index in [0.717, 1.165) is 32.5 Å². The van der Waals surface area contributed by atoms with E-state index in [9.17, 15) is 14.0 Å². The molecule has 9 heteroatoms. The smallest absolute Gasteiger partial charge is 0.270 e. The van der Waals surface area contributed by atoms with E-state index in [1.54, 1.807) is 29.2 Å². The number of hydrogen-bond donors (Lipinski definition) is 1. The predicted molar refractivity (Wildman–Crippen MR) is 142 cm³/mol. The molecule has 2 aromatic carbocycles. The van der Waals surface area contributed by atoms with Crippen LogP contribution in [-0.2, 0) is 6.54 Å². The zero-order chi connectivity index (χ0) is 27.2. The van der Waals surface area contributed by atoms with Crippen LogP contribution in [-0.4, -0.2) is 64.9 Å². The van der Waals surface area contributed by atoms with Crippen molar-refractivity contribution in [2.24, 2.45) is 0 Å². The monoisotopic (exact) mass is 527 g/mol. The van der Waals surface area contributed by atoms with Gasteiger partial charge in [0.1, 0.15) is 23.4 Å². The molecule has 2 fully saturated rings. The van der Waals surface area contributed by atoms with Gasteiger partial charge in [0, 0.05) is 44.8 Å². The van der Waals surface area contributed by atoms with Crippen LogP contribution in [0.2, 0.25) is 0 Å². The van der Waals surface area contributed by atoms with Gasteiger partial charge in [0.05, 0.1) is 23.7 Å². The van der Waals surface area contributed by atoms with Gasteiger partial charge in [0.15, 0.2) is 0 Å². The number of nitriles is 1. The topological polar surface area (TPSA) is 98.6 Å². The van der Waals surface area contributed by atoms with E-state index in [0.29, 0.717) is 36.4 Å². The first-order valence-electron chi connectivity index (χ1n) is 13.2. The fraction of sp³-hybridized carbons (Fsp3) is 0.333. The van der Waals surface area contributed by atoms with Gasteiger partial charge in [-0.15, -0.1) is 0 Å². The Kier molecular flexibility index (Phi) is 8.13. The number of carbonyl (C=O) groups excluding carboxylic acids is 2. The van der Waals surface area contributed by atoms with Crippen molar-refractivity contribution >= 4 is 11.8 Å². The summed E-state index contributed by atoms with van der Waals surface area (Å²) in [5.74, 6) is -0.149. The molecule has 3 aromatic rings. The molecule has 1 aromatic heterocycles. The van der Waals surface area contributed by atoms with Gasteiger partial charge in [-0.3, -0.25) is 19.5 Å². The summed E-state index contributed by atoms with van der Waals surface area (Å²) in [5.41, 5.74) is 2.53. The summed E-state index contributed by atoms with van der Waals surface area (Å²) in [6.07, 6.45) is 3.66. The summed E-state index contributed by atoms with van der Waals surface area (Å²) in [4.78, 5) is 34.0. The number of ether oxygens (including phenoxy) is 1. The lowest BCUT2D eigenvalue weighted by molar-refractivity contribution is 0.0770. The number of likely N-dealkylation sites (tertiary alicyclic amines) is 2. The summed E-state index contributed by atoms with van der Waals surface area (Å²) in [6, 6.07) is 18.9. The fourth-order valence-electron chi connectivity index (χ4n) is 4.99. The van der Waals surface area contributed by atoms with E-state index in [-0.39, 0.29) is 35.5 Å². The molecule has 0 radical (unpaired) electrons. The number of hydrogen-bond acceptors (Lipinski definition) is 6. The maximum absolute atomic E-state index is 13.1. The molecular formula is C30H30FN5O3. The Hall–Kier alpha value is -4.29. The number of aromatic nitrogens is 1. The molecule has 39 heavy (non-hydrogen) atoms. The van der Waals surface area contributed by atoms with E-state index >= 15 is 0 Å². The lowest BCUT2D eigenvalue weighted by Gasteiger charge is -2.32. The first-order valence-corrected chi connectivity index (χ1v) is 13.2. The van der Waals surface area contributed by atoms with Crippen molar-refractivity contribution < 1.29 is 18.7 Å². The van der Waals surface area contributed by atoms with Gasteiger partial charge in [-0.1, -0.05) is 12.1 Å². The number of halogens is 1. The van der Waals surface area contributed by atoms with Crippen LogP contribution in [0.4, 0.5) is 4.39 Å². The Balaban J connectivity index is 1.07. The van der Waals surface area contributed by atoms with Crippen molar-refractivity contribution in [2.45, 2.75) is 38.0 Å². The van der Waals surface area contributed by atoms with Crippen molar-refractivity contribution in [3.63, 3.8) is 0 Å².